The molecule has 6 nitrogen and oxygen atoms in total. The van der Waals surface area contributed by atoms with Crippen LogP contribution in [0.3, 0.4) is 0 Å². The standard InChI is InChI=1S/C14H11N3O3S/c15-14(21)16-11-7-6-10(8-12(11)17(19)20)13(18)9-4-2-1-3-5-9/h1-8H,(H3,15,16,21). The quantitative estimate of drug-likeness (QED) is 0.389. The van der Waals surface area contributed by atoms with E-state index in [4.69, 9.17) is 5.73 Å². The Morgan fingerprint density at radius 1 is 1.14 bits per heavy atom. The van der Waals surface area contributed by atoms with Crippen molar-refractivity contribution in [2.45, 2.75) is 0 Å². The molecule has 0 aliphatic rings. The minimum atomic E-state index is -0.595. The maximum atomic E-state index is 12.3. The van der Waals surface area contributed by atoms with Gasteiger partial charge in [-0.05, 0) is 24.4 Å². The minimum absolute atomic E-state index is 0.0831. The topological polar surface area (TPSA) is 98.3 Å². The second-order valence-electron chi connectivity index (χ2n) is 4.17. The van der Waals surface area contributed by atoms with Crippen LogP contribution in [-0.2, 0) is 0 Å². The molecule has 0 atom stereocenters. The van der Waals surface area contributed by atoms with Gasteiger partial charge in [0.05, 0.1) is 4.92 Å². The van der Waals surface area contributed by atoms with Crippen LogP contribution < -0.4 is 11.1 Å². The number of nitrogens with two attached hydrogens (primary N) is 1. The van der Waals surface area contributed by atoms with E-state index in [-0.39, 0.29) is 27.8 Å². The van der Waals surface area contributed by atoms with Crippen LogP contribution in [0.5, 0.6) is 0 Å². The van der Waals surface area contributed by atoms with Gasteiger partial charge in [0.1, 0.15) is 5.69 Å². The zero-order chi connectivity index (χ0) is 15.4. The number of carbonyl (C=O) groups is 1. The van der Waals surface area contributed by atoms with E-state index in [1.807, 2.05) is 0 Å². The number of nitro groups is 1. The van der Waals surface area contributed by atoms with Crippen molar-refractivity contribution < 1.29 is 9.72 Å². The number of hydrogen-bond acceptors (Lipinski definition) is 4. The van der Waals surface area contributed by atoms with E-state index in [0.29, 0.717) is 5.56 Å². The number of ketones is 1. The van der Waals surface area contributed by atoms with Crippen molar-refractivity contribution in [1.82, 2.24) is 0 Å². The molecule has 0 saturated carbocycles. The number of anilines is 1. The normalized spacial score (nSPS) is 9.90. The van der Waals surface area contributed by atoms with E-state index in [1.165, 1.54) is 18.2 Å². The largest absolute Gasteiger partial charge is 0.376 e. The Balaban J connectivity index is 2.43. The van der Waals surface area contributed by atoms with E-state index in [0.717, 1.165) is 0 Å². The summed E-state index contributed by atoms with van der Waals surface area (Å²) in [6, 6.07) is 12.6. The minimum Gasteiger partial charge on any atom is -0.376 e. The van der Waals surface area contributed by atoms with E-state index >= 15 is 0 Å². The van der Waals surface area contributed by atoms with Crippen LogP contribution in [0.25, 0.3) is 0 Å². The van der Waals surface area contributed by atoms with Gasteiger partial charge in [0, 0.05) is 17.2 Å². The fourth-order valence-corrected chi connectivity index (χ4v) is 1.93. The molecule has 0 radical (unpaired) electrons. The Morgan fingerprint density at radius 3 is 2.38 bits per heavy atom. The van der Waals surface area contributed by atoms with Crippen molar-refractivity contribution in [3.8, 4) is 0 Å². The van der Waals surface area contributed by atoms with E-state index in [1.54, 1.807) is 30.3 Å². The molecule has 0 aromatic heterocycles. The average Bonchev–Trinajstić information content (AvgIpc) is 2.47. The summed E-state index contributed by atoms with van der Waals surface area (Å²) in [6.07, 6.45) is 0. The van der Waals surface area contributed by atoms with Crippen LogP contribution in [0.2, 0.25) is 0 Å². The molecule has 0 saturated heterocycles. The van der Waals surface area contributed by atoms with Gasteiger partial charge in [-0.25, -0.2) is 0 Å². The number of nitro benzene ring substituents is 1. The fraction of sp³-hybridized carbons (Fsp3) is 0. The highest BCUT2D eigenvalue weighted by atomic mass is 32.1. The summed E-state index contributed by atoms with van der Waals surface area (Å²) in [5.41, 5.74) is 5.89. The van der Waals surface area contributed by atoms with Crippen molar-refractivity contribution in [3.63, 3.8) is 0 Å². The molecular formula is C14H11N3O3S. The lowest BCUT2D eigenvalue weighted by Gasteiger charge is -2.07. The molecule has 0 unspecified atom stereocenters. The van der Waals surface area contributed by atoms with Gasteiger partial charge in [0.25, 0.3) is 5.69 Å². The predicted molar refractivity (Wildman–Crippen MR) is 83.4 cm³/mol. The Hall–Kier alpha value is -2.80. The first-order valence-corrected chi connectivity index (χ1v) is 6.34. The van der Waals surface area contributed by atoms with Crippen molar-refractivity contribution in [2.24, 2.45) is 5.73 Å². The fourth-order valence-electron chi connectivity index (χ4n) is 1.82. The lowest BCUT2D eigenvalue weighted by molar-refractivity contribution is -0.383. The Kier molecular flexibility index (Phi) is 4.24. The Labute approximate surface area is 125 Å². The second kappa shape index (κ2) is 6.10. The van der Waals surface area contributed by atoms with Gasteiger partial charge in [-0.2, -0.15) is 0 Å². The SMILES string of the molecule is NC(=S)Nc1ccc(C(=O)c2ccccc2)cc1[N+](=O)[O-]. The van der Waals surface area contributed by atoms with Crippen LogP contribution >= 0.6 is 12.2 Å². The summed E-state index contributed by atoms with van der Waals surface area (Å²) < 4.78 is 0. The summed E-state index contributed by atoms with van der Waals surface area (Å²) in [7, 11) is 0. The third-order valence-corrected chi connectivity index (χ3v) is 2.85. The van der Waals surface area contributed by atoms with Gasteiger partial charge < -0.3 is 11.1 Å². The molecule has 0 fully saturated rings. The van der Waals surface area contributed by atoms with Crippen molar-refractivity contribution in [3.05, 3.63) is 69.8 Å². The highest BCUT2D eigenvalue weighted by molar-refractivity contribution is 7.80. The van der Waals surface area contributed by atoms with Crippen molar-refractivity contribution in [2.75, 3.05) is 5.32 Å². The number of nitrogens with one attached hydrogen (secondary N) is 1. The van der Waals surface area contributed by atoms with E-state index in [2.05, 4.69) is 17.5 Å². The first-order valence-electron chi connectivity index (χ1n) is 5.93. The highest BCUT2D eigenvalue weighted by Crippen LogP contribution is 2.26. The first kappa shape index (κ1) is 14.6. The predicted octanol–water partition coefficient (Wildman–Crippen LogP) is 2.48. The molecule has 2 aromatic carbocycles. The highest BCUT2D eigenvalue weighted by Gasteiger charge is 2.18. The molecule has 2 rings (SSSR count). The smallest absolute Gasteiger partial charge is 0.293 e. The Morgan fingerprint density at radius 2 is 1.81 bits per heavy atom. The summed E-state index contributed by atoms with van der Waals surface area (Å²) in [6.45, 7) is 0. The molecule has 0 amide bonds. The molecule has 0 spiro atoms. The molecule has 0 bridgehead atoms. The van der Waals surface area contributed by atoms with Gasteiger partial charge >= 0.3 is 0 Å². The summed E-state index contributed by atoms with van der Waals surface area (Å²) in [5, 5.41) is 13.5. The van der Waals surface area contributed by atoms with E-state index in [9.17, 15) is 14.9 Å². The summed E-state index contributed by atoms with van der Waals surface area (Å²) >= 11 is 4.66. The van der Waals surface area contributed by atoms with Gasteiger partial charge in [0.2, 0.25) is 0 Å². The molecule has 0 aliphatic heterocycles. The van der Waals surface area contributed by atoms with Crippen LogP contribution in [0.15, 0.2) is 48.5 Å². The van der Waals surface area contributed by atoms with Crippen molar-refractivity contribution in [1.29, 1.82) is 0 Å². The number of benzene rings is 2. The van der Waals surface area contributed by atoms with Crippen LogP contribution in [0, 0.1) is 10.1 Å². The summed E-state index contributed by atoms with van der Waals surface area (Å²) in [5.74, 6) is -0.291. The number of nitrogens with zero attached hydrogens (tertiary/aromatic N) is 1. The second-order valence-corrected chi connectivity index (χ2v) is 4.61. The maximum absolute atomic E-state index is 12.3. The molecule has 7 heteroatoms. The lowest BCUT2D eigenvalue weighted by Crippen LogP contribution is -2.19. The van der Waals surface area contributed by atoms with Crippen molar-refractivity contribution >= 4 is 34.5 Å². The molecule has 21 heavy (non-hydrogen) atoms. The maximum Gasteiger partial charge on any atom is 0.293 e. The number of rotatable bonds is 4. The number of thiocarbonyl (C=S) groups is 1. The summed E-state index contributed by atoms with van der Waals surface area (Å²) in [4.78, 5) is 22.8. The van der Waals surface area contributed by atoms with Gasteiger partial charge in [-0.3, -0.25) is 14.9 Å². The van der Waals surface area contributed by atoms with Crippen LogP contribution in [0.1, 0.15) is 15.9 Å². The third kappa shape index (κ3) is 3.40. The van der Waals surface area contributed by atoms with Gasteiger partial charge in [0.15, 0.2) is 10.9 Å². The zero-order valence-corrected chi connectivity index (χ0v) is 11.6. The first-order chi connectivity index (χ1) is 9.99. The molecule has 0 aliphatic carbocycles. The molecule has 3 N–H and O–H groups in total. The monoisotopic (exact) mass is 301 g/mol. The van der Waals surface area contributed by atoms with Gasteiger partial charge in [-0.15, -0.1) is 0 Å². The molecule has 2 aromatic rings. The van der Waals surface area contributed by atoms with Crippen LogP contribution in [0.4, 0.5) is 11.4 Å². The lowest BCUT2D eigenvalue weighted by atomic mass is 10.0. The Bertz CT molecular complexity index is 717. The number of hydrogen-bond donors (Lipinski definition) is 2. The zero-order valence-electron chi connectivity index (χ0n) is 10.8. The third-order valence-electron chi connectivity index (χ3n) is 2.75. The molecule has 0 heterocycles. The molecule has 106 valence electrons. The van der Waals surface area contributed by atoms with Gasteiger partial charge in [-0.1, -0.05) is 30.3 Å². The van der Waals surface area contributed by atoms with E-state index < -0.39 is 4.92 Å². The average molecular weight is 301 g/mol. The number of carbonyl (C=O) groups excluding carboxylic acids is 1. The molecular weight excluding hydrogens is 290 g/mol. The van der Waals surface area contributed by atoms with Crippen LogP contribution in [-0.4, -0.2) is 15.8 Å².